The minimum Gasteiger partial charge on any atom is -0.397 e. The van der Waals surface area contributed by atoms with Crippen LogP contribution in [0.2, 0.25) is 0 Å². The smallest absolute Gasteiger partial charge is 0.251 e. The highest BCUT2D eigenvalue weighted by molar-refractivity contribution is 5.96. The zero-order valence-electron chi connectivity index (χ0n) is 12.6. The predicted octanol–water partition coefficient (Wildman–Crippen LogP) is 2.64. The summed E-state index contributed by atoms with van der Waals surface area (Å²) in [6.07, 6.45) is 2.39. The molecule has 0 saturated carbocycles. The number of amides is 1. The summed E-state index contributed by atoms with van der Waals surface area (Å²) in [6.45, 7) is 8.06. The van der Waals surface area contributed by atoms with Crippen molar-refractivity contribution in [1.82, 2.24) is 5.32 Å². The summed E-state index contributed by atoms with van der Waals surface area (Å²) in [5.74, 6) is 0.555. The van der Waals surface area contributed by atoms with Gasteiger partial charge in [0.2, 0.25) is 0 Å². The molecular formula is C16H25N3O. The van der Waals surface area contributed by atoms with E-state index in [-0.39, 0.29) is 5.91 Å². The number of nitrogens with zero attached hydrogens (tertiary/aromatic N) is 1. The normalized spacial score (nSPS) is 18.6. The maximum atomic E-state index is 12.0. The minimum absolute atomic E-state index is 0.0333. The minimum atomic E-state index is -0.0333. The van der Waals surface area contributed by atoms with Crippen LogP contribution in [0.3, 0.4) is 0 Å². The van der Waals surface area contributed by atoms with Crippen molar-refractivity contribution in [3.05, 3.63) is 23.8 Å². The fourth-order valence-electron chi connectivity index (χ4n) is 2.98. The van der Waals surface area contributed by atoms with Gasteiger partial charge < -0.3 is 16.0 Å². The summed E-state index contributed by atoms with van der Waals surface area (Å²) in [4.78, 5) is 14.3. The standard InChI is InChI=1S/C16H25N3O/c1-4-18-16(20)12-7-8-13(17)15(10-12)19-9-5-6-14(19)11(2)3/h7-8,10-11,14H,4-6,9,17H2,1-3H3,(H,18,20). The van der Waals surface area contributed by atoms with E-state index < -0.39 is 0 Å². The van der Waals surface area contributed by atoms with Crippen LogP contribution >= 0.6 is 0 Å². The van der Waals surface area contributed by atoms with E-state index >= 15 is 0 Å². The maximum Gasteiger partial charge on any atom is 0.251 e. The summed E-state index contributed by atoms with van der Waals surface area (Å²) >= 11 is 0. The molecule has 1 amide bonds. The maximum absolute atomic E-state index is 12.0. The van der Waals surface area contributed by atoms with Gasteiger partial charge in [0.25, 0.3) is 5.91 Å². The SMILES string of the molecule is CCNC(=O)c1ccc(N)c(N2CCCC2C(C)C)c1. The molecule has 1 saturated heterocycles. The van der Waals surface area contributed by atoms with Crippen LogP contribution in [0.1, 0.15) is 44.0 Å². The van der Waals surface area contributed by atoms with Crippen molar-refractivity contribution in [1.29, 1.82) is 0 Å². The number of hydrogen-bond donors (Lipinski definition) is 2. The first-order chi connectivity index (χ1) is 9.54. The van der Waals surface area contributed by atoms with Crippen molar-refractivity contribution in [3.63, 3.8) is 0 Å². The van der Waals surface area contributed by atoms with Crippen LogP contribution < -0.4 is 16.0 Å². The highest BCUT2D eigenvalue weighted by Gasteiger charge is 2.28. The van der Waals surface area contributed by atoms with Crippen LogP contribution in [0, 0.1) is 5.92 Å². The number of carbonyl (C=O) groups excluding carboxylic acids is 1. The lowest BCUT2D eigenvalue weighted by atomic mass is 10.0. The fraction of sp³-hybridized carbons (Fsp3) is 0.562. The number of nitrogens with two attached hydrogens (primary N) is 1. The Bertz CT molecular complexity index is 485. The average Bonchev–Trinajstić information content (AvgIpc) is 2.88. The third-order valence-corrected chi connectivity index (χ3v) is 4.01. The van der Waals surface area contributed by atoms with E-state index in [1.165, 1.54) is 12.8 Å². The van der Waals surface area contributed by atoms with E-state index in [0.717, 1.165) is 17.9 Å². The van der Waals surface area contributed by atoms with E-state index in [9.17, 15) is 4.79 Å². The number of carbonyl (C=O) groups is 1. The molecular weight excluding hydrogens is 250 g/mol. The van der Waals surface area contributed by atoms with Crippen LogP contribution in [0.5, 0.6) is 0 Å². The highest BCUT2D eigenvalue weighted by Crippen LogP contribution is 2.34. The summed E-state index contributed by atoms with van der Waals surface area (Å²) in [5, 5.41) is 2.83. The number of nitrogen functional groups attached to an aromatic ring is 1. The van der Waals surface area contributed by atoms with Gasteiger partial charge in [-0.25, -0.2) is 0 Å². The van der Waals surface area contributed by atoms with Crippen molar-refractivity contribution >= 4 is 17.3 Å². The Hall–Kier alpha value is -1.71. The third kappa shape index (κ3) is 2.89. The van der Waals surface area contributed by atoms with Gasteiger partial charge in [-0.2, -0.15) is 0 Å². The molecule has 1 aliphatic heterocycles. The Morgan fingerprint density at radius 1 is 1.50 bits per heavy atom. The van der Waals surface area contributed by atoms with Gasteiger partial charge in [-0.15, -0.1) is 0 Å². The van der Waals surface area contributed by atoms with E-state index in [1.807, 2.05) is 19.1 Å². The lowest BCUT2D eigenvalue weighted by Crippen LogP contribution is -2.34. The number of hydrogen-bond acceptors (Lipinski definition) is 3. The van der Waals surface area contributed by atoms with Crippen LogP contribution in [0.25, 0.3) is 0 Å². The Labute approximate surface area is 121 Å². The summed E-state index contributed by atoms with van der Waals surface area (Å²) in [5.41, 5.74) is 8.58. The lowest BCUT2D eigenvalue weighted by molar-refractivity contribution is 0.0956. The summed E-state index contributed by atoms with van der Waals surface area (Å²) in [7, 11) is 0. The summed E-state index contributed by atoms with van der Waals surface area (Å²) < 4.78 is 0. The molecule has 0 bridgehead atoms. The molecule has 0 radical (unpaired) electrons. The van der Waals surface area contributed by atoms with Crippen LogP contribution in [-0.4, -0.2) is 25.0 Å². The van der Waals surface area contributed by atoms with E-state index in [4.69, 9.17) is 5.73 Å². The lowest BCUT2D eigenvalue weighted by Gasteiger charge is -2.31. The van der Waals surface area contributed by atoms with Crippen LogP contribution in [-0.2, 0) is 0 Å². The Kier molecular flexibility index (Phi) is 4.53. The zero-order chi connectivity index (χ0) is 14.7. The first-order valence-electron chi connectivity index (χ1n) is 7.49. The third-order valence-electron chi connectivity index (χ3n) is 4.01. The number of nitrogens with one attached hydrogen (secondary N) is 1. The predicted molar refractivity (Wildman–Crippen MR) is 84.1 cm³/mol. The van der Waals surface area contributed by atoms with Gasteiger partial charge in [-0.3, -0.25) is 4.79 Å². The van der Waals surface area contributed by atoms with Crippen molar-refractivity contribution < 1.29 is 4.79 Å². The van der Waals surface area contributed by atoms with Crippen LogP contribution in [0.4, 0.5) is 11.4 Å². The molecule has 0 aliphatic carbocycles. The molecule has 1 atom stereocenters. The molecule has 2 rings (SSSR count). The van der Waals surface area contributed by atoms with Gasteiger partial charge in [-0.05, 0) is 43.9 Å². The monoisotopic (exact) mass is 275 g/mol. The molecule has 1 aromatic carbocycles. The number of anilines is 2. The molecule has 1 aliphatic rings. The molecule has 4 heteroatoms. The van der Waals surface area contributed by atoms with E-state index in [1.54, 1.807) is 6.07 Å². The van der Waals surface area contributed by atoms with Gasteiger partial charge in [0.15, 0.2) is 0 Å². The first-order valence-corrected chi connectivity index (χ1v) is 7.49. The quantitative estimate of drug-likeness (QED) is 0.831. The molecule has 20 heavy (non-hydrogen) atoms. The van der Waals surface area contributed by atoms with E-state index in [0.29, 0.717) is 24.1 Å². The molecule has 1 aromatic rings. The number of benzene rings is 1. The molecule has 1 unspecified atom stereocenters. The van der Waals surface area contributed by atoms with Gasteiger partial charge in [0.1, 0.15) is 0 Å². The zero-order valence-corrected chi connectivity index (χ0v) is 12.6. The van der Waals surface area contributed by atoms with Crippen LogP contribution in [0.15, 0.2) is 18.2 Å². The second-order valence-corrected chi connectivity index (χ2v) is 5.78. The van der Waals surface area contributed by atoms with Gasteiger partial charge >= 0.3 is 0 Å². The topological polar surface area (TPSA) is 58.4 Å². The number of rotatable bonds is 4. The first kappa shape index (κ1) is 14.7. The van der Waals surface area contributed by atoms with Gasteiger partial charge in [0, 0.05) is 24.7 Å². The van der Waals surface area contributed by atoms with Crippen molar-refractivity contribution in [2.24, 2.45) is 5.92 Å². The Morgan fingerprint density at radius 2 is 2.25 bits per heavy atom. The second kappa shape index (κ2) is 6.16. The highest BCUT2D eigenvalue weighted by atomic mass is 16.1. The molecule has 1 fully saturated rings. The summed E-state index contributed by atoms with van der Waals surface area (Å²) in [6, 6.07) is 6.09. The van der Waals surface area contributed by atoms with Crippen molar-refractivity contribution in [2.75, 3.05) is 23.7 Å². The molecule has 1 heterocycles. The van der Waals surface area contributed by atoms with Crippen molar-refractivity contribution in [2.45, 2.75) is 39.7 Å². The fourth-order valence-corrected chi connectivity index (χ4v) is 2.98. The van der Waals surface area contributed by atoms with Gasteiger partial charge in [-0.1, -0.05) is 13.8 Å². The molecule has 0 spiro atoms. The van der Waals surface area contributed by atoms with Crippen molar-refractivity contribution in [3.8, 4) is 0 Å². The molecule has 110 valence electrons. The molecule has 0 aromatic heterocycles. The Morgan fingerprint density at radius 3 is 2.90 bits per heavy atom. The largest absolute Gasteiger partial charge is 0.397 e. The molecule has 3 N–H and O–H groups in total. The molecule has 4 nitrogen and oxygen atoms in total. The van der Waals surface area contributed by atoms with Gasteiger partial charge in [0.05, 0.1) is 11.4 Å². The Balaban J connectivity index is 2.31. The average molecular weight is 275 g/mol. The second-order valence-electron chi connectivity index (χ2n) is 5.78. The van der Waals surface area contributed by atoms with E-state index in [2.05, 4.69) is 24.1 Å².